The summed E-state index contributed by atoms with van der Waals surface area (Å²) >= 11 is 8.07. The number of nitrogens with zero attached hydrogens (tertiary/aromatic N) is 2. The van der Waals surface area contributed by atoms with Gasteiger partial charge in [-0.2, -0.15) is 0 Å². The smallest absolute Gasteiger partial charge is 0.326 e. The third-order valence-electron chi connectivity index (χ3n) is 7.95. The average Bonchev–Trinajstić information content (AvgIpc) is 3.35. The number of carbonyl (C=O) groups is 3. The Morgan fingerprint density at radius 2 is 2.00 bits per heavy atom. The molecular formula is C29H33ClN6O4S. The van der Waals surface area contributed by atoms with E-state index in [4.69, 9.17) is 16.3 Å². The van der Waals surface area contributed by atoms with Gasteiger partial charge in [0.05, 0.1) is 27.9 Å². The van der Waals surface area contributed by atoms with Crippen molar-refractivity contribution in [2.45, 2.75) is 36.7 Å². The fraction of sp³-hybridized carbons (Fsp3) is 0.414. The standard InChI is InChI=1S/C29H33ClN6O4S/c1-31-15-23(37)35-13-5-6-17(16-35)33-27(38)26-25-24-21(11-12-32-28(24)41-26)36(29(39)34-25)18-9-10-22(20(30)14-18)40-19-7-3-2-4-8-19/h2-4,7-10,14,17,21,24,28,31-32H,5-6,11-13,15-16H2,1H3,(H,33,38)(H,34,39)/t17-,21?,24?,28?/m1/s1. The van der Waals surface area contributed by atoms with Crippen LogP contribution in [-0.2, 0) is 9.59 Å². The van der Waals surface area contributed by atoms with Crippen LogP contribution in [0.25, 0.3) is 0 Å². The molecule has 0 aliphatic carbocycles. The van der Waals surface area contributed by atoms with Gasteiger partial charge in [-0.15, -0.1) is 0 Å². The van der Waals surface area contributed by atoms with E-state index >= 15 is 0 Å². The van der Waals surface area contributed by atoms with Gasteiger partial charge in [-0.3, -0.25) is 14.5 Å². The zero-order valence-electron chi connectivity index (χ0n) is 22.7. The molecule has 4 atom stereocenters. The lowest BCUT2D eigenvalue weighted by Gasteiger charge is -2.45. The van der Waals surface area contributed by atoms with E-state index in [-0.39, 0.29) is 47.8 Å². The Kier molecular flexibility index (Phi) is 8.12. The molecule has 2 aromatic carbocycles. The van der Waals surface area contributed by atoms with Crippen molar-refractivity contribution in [3.8, 4) is 11.5 Å². The van der Waals surface area contributed by atoms with E-state index in [0.29, 0.717) is 45.9 Å². The van der Waals surface area contributed by atoms with Crippen molar-refractivity contribution in [1.29, 1.82) is 0 Å². The van der Waals surface area contributed by atoms with Crippen LogP contribution in [0.4, 0.5) is 10.5 Å². The molecule has 12 heteroatoms. The van der Waals surface area contributed by atoms with Crippen LogP contribution in [-0.4, -0.2) is 73.4 Å². The first-order valence-corrected chi connectivity index (χ1v) is 15.2. The predicted molar refractivity (Wildman–Crippen MR) is 159 cm³/mol. The minimum Gasteiger partial charge on any atom is -0.456 e. The lowest BCUT2D eigenvalue weighted by atomic mass is 9.86. The lowest BCUT2D eigenvalue weighted by molar-refractivity contribution is -0.132. The molecule has 0 radical (unpaired) electrons. The maximum Gasteiger partial charge on any atom is 0.326 e. The molecule has 0 bridgehead atoms. The SMILES string of the molecule is CNCC(=O)N1CCC[C@@H](NC(=O)C2=C3NC(=O)N(c4ccc(Oc5ccccc5)c(Cl)c4)C4CCNC(S2)C34)C1. The van der Waals surface area contributed by atoms with Gasteiger partial charge in [0.1, 0.15) is 11.5 Å². The number of hydrogen-bond acceptors (Lipinski definition) is 7. The Morgan fingerprint density at radius 1 is 1.17 bits per heavy atom. The van der Waals surface area contributed by atoms with Gasteiger partial charge in [-0.05, 0) is 63.2 Å². The van der Waals surface area contributed by atoms with Crippen molar-refractivity contribution < 1.29 is 19.1 Å². The van der Waals surface area contributed by atoms with Crippen LogP contribution in [0.3, 0.4) is 0 Å². The second-order valence-electron chi connectivity index (χ2n) is 10.6. The van der Waals surface area contributed by atoms with E-state index in [1.165, 1.54) is 11.8 Å². The predicted octanol–water partition coefficient (Wildman–Crippen LogP) is 3.25. The Morgan fingerprint density at radius 3 is 2.78 bits per heavy atom. The molecule has 216 valence electrons. The molecular weight excluding hydrogens is 564 g/mol. The Bertz CT molecular complexity index is 1370. The molecule has 0 saturated carbocycles. The highest BCUT2D eigenvalue weighted by atomic mass is 35.5. The first-order chi connectivity index (χ1) is 19.9. The highest BCUT2D eigenvalue weighted by Gasteiger charge is 2.52. The maximum atomic E-state index is 13.6. The molecule has 0 aromatic heterocycles. The summed E-state index contributed by atoms with van der Waals surface area (Å²) in [6.07, 6.45) is 2.37. The molecule has 41 heavy (non-hydrogen) atoms. The Labute approximate surface area is 248 Å². The van der Waals surface area contributed by atoms with E-state index in [2.05, 4.69) is 21.3 Å². The van der Waals surface area contributed by atoms with E-state index in [1.807, 2.05) is 36.4 Å². The number of anilines is 1. The van der Waals surface area contributed by atoms with Gasteiger partial charge < -0.3 is 30.9 Å². The van der Waals surface area contributed by atoms with Gasteiger partial charge in [0.25, 0.3) is 5.91 Å². The van der Waals surface area contributed by atoms with Crippen molar-refractivity contribution in [2.24, 2.45) is 5.92 Å². The molecule has 3 unspecified atom stereocenters. The van der Waals surface area contributed by atoms with Crippen LogP contribution < -0.4 is 30.9 Å². The van der Waals surface area contributed by atoms with Crippen molar-refractivity contribution in [2.75, 3.05) is 38.1 Å². The number of halogens is 1. The quantitative estimate of drug-likeness (QED) is 0.388. The fourth-order valence-electron chi connectivity index (χ4n) is 6.10. The largest absolute Gasteiger partial charge is 0.456 e. The number of amides is 4. The zero-order valence-corrected chi connectivity index (χ0v) is 24.3. The van der Waals surface area contributed by atoms with Crippen LogP contribution in [0.1, 0.15) is 19.3 Å². The van der Waals surface area contributed by atoms with Gasteiger partial charge in [0.15, 0.2) is 0 Å². The number of urea groups is 1. The minimum absolute atomic E-state index is 0.0289. The van der Waals surface area contributed by atoms with Gasteiger partial charge in [-0.25, -0.2) is 4.79 Å². The number of carbonyl (C=O) groups excluding carboxylic acids is 3. The summed E-state index contributed by atoms with van der Waals surface area (Å²) < 4.78 is 5.92. The summed E-state index contributed by atoms with van der Waals surface area (Å²) in [6.45, 7) is 2.18. The number of likely N-dealkylation sites (N-methyl/N-ethyl adjacent to an activating group) is 1. The summed E-state index contributed by atoms with van der Waals surface area (Å²) in [6, 6.07) is 14.2. The molecule has 4 heterocycles. The van der Waals surface area contributed by atoms with E-state index in [0.717, 1.165) is 25.8 Å². The number of thioether (sulfide) groups is 1. The topological polar surface area (TPSA) is 115 Å². The van der Waals surface area contributed by atoms with Crippen molar-refractivity contribution in [3.63, 3.8) is 0 Å². The van der Waals surface area contributed by atoms with Gasteiger partial charge in [0.2, 0.25) is 5.91 Å². The normalized spacial score (nSPS) is 25.5. The second-order valence-corrected chi connectivity index (χ2v) is 12.2. The fourth-order valence-corrected chi connectivity index (χ4v) is 7.71. The van der Waals surface area contributed by atoms with E-state index < -0.39 is 0 Å². The van der Waals surface area contributed by atoms with Crippen LogP contribution in [0, 0.1) is 5.92 Å². The molecule has 10 nitrogen and oxygen atoms in total. The van der Waals surface area contributed by atoms with Gasteiger partial charge in [0, 0.05) is 36.4 Å². The Hall–Kier alpha value is -3.25. The number of piperidine rings is 2. The number of likely N-dealkylation sites (tertiary alicyclic amines) is 1. The lowest BCUT2D eigenvalue weighted by Crippen LogP contribution is -2.62. The average molecular weight is 597 g/mol. The molecule has 4 aliphatic heterocycles. The van der Waals surface area contributed by atoms with Crippen molar-refractivity contribution in [1.82, 2.24) is 26.2 Å². The van der Waals surface area contributed by atoms with Gasteiger partial charge in [-0.1, -0.05) is 41.6 Å². The number of rotatable bonds is 7. The zero-order chi connectivity index (χ0) is 28.5. The van der Waals surface area contributed by atoms with Crippen LogP contribution in [0.2, 0.25) is 5.02 Å². The number of ether oxygens (including phenoxy) is 1. The van der Waals surface area contributed by atoms with E-state index in [9.17, 15) is 14.4 Å². The third-order valence-corrected chi connectivity index (χ3v) is 9.60. The Balaban J connectivity index is 1.20. The summed E-state index contributed by atoms with van der Waals surface area (Å²) in [4.78, 5) is 43.5. The highest BCUT2D eigenvalue weighted by Crippen LogP contribution is 2.48. The minimum atomic E-state index is -0.288. The molecule has 4 N–H and O–H groups in total. The first-order valence-electron chi connectivity index (χ1n) is 13.9. The number of nitrogens with one attached hydrogen (secondary N) is 4. The molecule has 2 aromatic rings. The molecule has 3 fully saturated rings. The van der Waals surface area contributed by atoms with Crippen LogP contribution in [0.15, 0.2) is 59.1 Å². The summed E-state index contributed by atoms with van der Waals surface area (Å²) in [7, 11) is 1.75. The molecule has 4 aliphatic rings. The highest BCUT2D eigenvalue weighted by molar-refractivity contribution is 8.04. The molecule has 6 rings (SSSR count). The second kappa shape index (κ2) is 11.9. The van der Waals surface area contributed by atoms with E-state index in [1.54, 1.807) is 29.0 Å². The summed E-state index contributed by atoms with van der Waals surface area (Å²) in [5.74, 6) is 0.930. The van der Waals surface area contributed by atoms with Crippen LogP contribution in [0.5, 0.6) is 11.5 Å². The van der Waals surface area contributed by atoms with Crippen LogP contribution >= 0.6 is 23.4 Å². The number of hydrogen-bond donors (Lipinski definition) is 4. The third kappa shape index (κ3) is 5.63. The first kappa shape index (κ1) is 27.9. The van der Waals surface area contributed by atoms with Crippen molar-refractivity contribution >= 4 is 46.9 Å². The molecule has 3 saturated heterocycles. The summed E-state index contributed by atoms with van der Waals surface area (Å²) in [5.41, 5.74) is 1.35. The maximum absolute atomic E-state index is 13.6. The van der Waals surface area contributed by atoms with Gasteiger partial charge >= 0.3 is 6.03 Å². The number of para-hydroxylation sites is 1. The molecule has 4 amide bonds. The monoisotopic (exact) mass is 596 g/mol. The van der Waals surface area contributed by atoms with Crippen molar-refractivity contribution in [3.05, 3.63) is 64.2 Å². The molecule has 0 spiro atoms. The number of benzene rings is 2. The summed E-state index contributed by atoms with van der Waals surface area (Å²) in [5, 5.41) is 13.0.